The Morgan fingerprint density at radius 3 is 2.62 bits per heavy atom. The smallest absolute Gasteiger partial charge is 0.123 e. The molecule has 0 saturated carbocycles. The first kappa shape index (κ1) is 15.8. The lowest BCUT2D eigenvalue weighted by molar-refractivity contribution is 0.336. The first-order valence-electron chi connectivity index (χ1n) is 7.37. The van der Waals surface area contributed by atoms with Gasteiger partial charge in [-0.3, -0.25) is 4.68 Å². The van der Waals surface area contributed by atoms with E-state index in [2.05, 4.69) is 24.2 Å². The molecular weight excluding hydrogens is 286 g/mol. The molecule has 0 bridgehead atoms. The first-order chi connectivity index (χ1) is 10.1. The second kappa shape index (κ2) is 6.94. The van der Waals surface area contributed by atoms with Crippen LogP contribution in [0.3, 0.4) is 0 Å². The zero-order valence-electron chi connectivity index (χ0n) is 13.1. The molecular formula is C16H22ClN3O. The maximum atomic E-state index is 6.38. The molecule has 0 amide bonds. The van der Waals surface area contributed by atoms with E-state index >= 15 is 0 Å². The summed E-state index contributed by atoms with van der Waals surface area (Å²) >= 11 is 6.38. The molecule has 1 aromatic carbocycles. The van der Waals surface area contributed by atoms with Crippen molar-refractivity contribution in [3.8, 4) is 5.75 Å². The molecule has 0 fully saturated rings. The van der Waals surface area contributed by atoms with Crippen molar-refractivity contribution in [3.05, 3.63) is 39.7 Å². The normalized spacial score (nSPS) is 10.9. The van der Waals surface area contributed by atoms with Crippen LogP contribution in [0.15, 0.2) is 12.3 Å². The third-order valence-electron chi connectivity index (χ3n) is 3.61. The van der Waals surface area contributed by atoms with Crippen molar-refractivity contribution in [1.29, 1.82) is 0 Å². The second-order valence-electron chi connectivity index (χ2n) is 5.11. The molecule has 0 aliphatic heterocycles. The molecule has 0 atom stereocenters. The standard InChI is InChI=1S/C16H22ClN3O/c1-5-20-10-13(18-19-20)7-8-14-12(4)16(17)11(3)9-15(14)21-6-2/h9-10H,5-8H2,1-4H3. The summed E-state index contributed by atoms with van der Waals surface area (Å²) in [5.74, 6) is 0.930. The molecule has 0 spiro atoms. The quantitative estimate of drug-likeness (QED) is 0.816. The van der Waals surface area contributed by atoms with Gasteiger partial charge in [0, 0.05) is 17.8 Å². The van der Waals surface area contributed by atoms with E-state index in [1.54, 1.807) is 0 Å². The molecule has 1 aromatic heterocycles. The van der Waals surface area contributed by atoms with Gasteiger partial charge in [0.15, 0.2) is 0 Å². The number of aryl methyl sites for hydroxylation is 3. The third-order valence-corrected chi connectivity index (χ3v) is 4.20. The molecule has 0 N–H and O–H groups in total. The van der Waals surface area contributed by atoms with E-state index in [1.165, 1.54) is 5.56 Å². The number of halogens is 1. The van der Waals surface area contributed by atoms with Crippen molar-refractivity contribution in [1.82, 2.24) is 15.0 Å². The van der Waals surface area contributed by atoms with Gasteiger partial charge in [0.2, 0.25) is 0 Å². The van der Waals surface area contributed by atoms with Crippen LogP contribution in [-0.4, -0.2) is 21.6 Å². The fraction of sp³-hybridized carbons (Fsp3) is 0.500. The minimum absolute atomic E-state index is 0.652. The van der Waals surface area contributed by atoms with Gasteiger partial charge < -0.3 is 4.74 Å². The van der Waals surface area contributed by atoms with Crippen molar-refractivity contribution in [2.75, 3.05) is 6.61 Å². The highest BCUT2D eigenvalue weighted by Gasteiger charge is 2.14. The van der Waals surface area contributed by atoms with Crippen LogP contribution in [0.4, 0.5) is 0 Å². The minimum Gasteiger partial charge on any atom is -0.494 e. The first-order valence-corrected chi connectivity index (χ1v) is 7.75. The van der Waals surface area contributed by atoms with Crippen molar-refractivity contribution in [2.45, 2.75) is 47.1 Å². The number of benzene rings is 1. The van der Waals surface area contributed by atoms with Gasteiger partial charge in [-0.05, 0) is 63.3 Å². The molecule has 0 saturated heterocycles. The Hall–Kier alpha value is -1.55. The number of rotatable bonds is 6. The lowest BCUT2D eigenvalue weighted by Crippen LogP contribution is -2.03. The average Bonchev–Trinajstić information content (AvgIpc) is 2.93. The van der Waals surface area contributed by atoms with Crippen LogP contribution in [0.5, 0.6) is 5.75 Å². The fourth-order valence-electron chi connectivity index (χ4n) is 2.42. The van der Waals surface area contributed by atoms with E-state index in [-0.39, 0.29) is 0 Å². The second-order valence-corrected chi connectivity index (χ2v) is 5.49. The van der Waals surface area contributed by atoms with E-state index < -0.39 is 0 Å². The van der Waals surface area contributed by atoms with Crippen LogP contribution >= 0.6 is 11.6 Å². The van der Waals surface area contributed by atoms with E-state index in [4.69, 9.17) is 16.3 Å². The van der Waals surface area contributed by atoms with Crippen molar-refractivity contribution in [3.63, 3.8) is 0 Å². The van der Waals surface area contributed by atoms with Crippen molar-refractivity contribution < 1.29 is 4.74 Å². The maximum absolute atomic E-state index is 6.38. The molecule has 4 nitrogen and oxygen atoms in total. The van der Waals surface area contributed by atoms with Gasteiger partial charge >= 0.3 is 0 Å². The monoisotopic (exact) mass is 307 g/mol. The Balaban J connectivity index is 2.23. The summed E-state index contributed by atoms with van der Waals surface area (Å²) in [7, 11) is 0. The van der Waals surface area contributed by atoms with Crippen LogP contribution in [-0.2, 0) is 19.4 Å². The Bertz CT molecular complexity index is 622. The zero-order valence-corrected chi connectivity index (χ0v) is 13.9. The van der Waals surface area contributed by atoms with Gasteiger partial charge in [-0.2, -0.15) is 0 Å². The Labute approximate surface area is 131 Å². The summed E-state index contributed by atoms with van der Waals surface area (Å²) in [4.78, 5) is 0. The molecule has 0 radical (unpaired) electrons. The summed E-state index contributed by atoms with van der Waals surface area (Å²) in [6.45, 7) is 9.60. The van der Waals surface area contributed by atoms with E-state index in [0.29, 0.717) is 6.61 Å². The lowest BCUT2D eigenvalue weighted by atomic mass is 9.99. The Morgan fingerprint density at radius 1 is 1.24 bits per heavy atom. The summed E-state index contributed by atoms with van der Waals surface area (Å²) in [5, 5.41) is 9.08. The van der Waals surface area contributed by atoms with Crippen LogP contribution < -0.4 is 4.74 Å². The number of ether oxygens (including phenoxy) is 1. The number of hydrogen-bond acceptors (Lipinski definition) is 3. The van der Waals surface area contributed by atoms with Gasteiger partial charge in [0.1, 0.15) is 5.75 Å². The van der Waals surface area contributed by atoms with Gasteiger partial charge in [-0.25, -0.2) is 0 Å². The lowest BCUT2D eigenvalue weighted by Gasteiger charge is -2.16. The summed E-state index contributed by atoms with van der Waals surface area (Å²) in [6.07, 6.45) is 3.68. The molecule has 5 heteroatoms. The summed E-state index contributed by atoms with van der Waals surface area (Å²) in [6, 6.07) is 2.02. The van der Waals surface area contributed by atoms with Crippen LogP contribution in [0, 0.1) is 13.8 Å². The molecule has 114 valence electrons. The molecule has 2 rings (SSSR count). The highest BCUT2D eigenvalue weighted by molar-refractivity contribution is 6.32. The number of nitrogens with zero attached hydrogens (tertiary/aromatic N) is 3. The van der Waals surface area contributed by atoms with Crippen LogP contribution in [0.25, 0.3) is 0 Å². The molecule has 21 heavy (non-hydrogen) atoms. The van der Waals surface area contributed by atoms with Crippen molar-refractivity contribution >= 4 is 11.6 Å². The Morgan fingerprint density at radius 2 is 2.00 bits per heavy atom. The Kier molecular flexibility index (Phi) is 5.23. The van der Waals surface area contributed by atoms with Crippen LogP contribution in [0.1, 0.15) is 36.2 Å². The highest BCUT2D eigenvalue weighted by Crippen LogP contribution is 2.32. The topological polar surface area (TPSA) is 39.9 Å². The van der Waals surface area contributed by atoms with Gasteiger partial charge in [-0.1, -0.05) is 16.8 Å². The van der Waals surface area contributed by atoms with E-state index in [0.717, 1.165) is 47.0 Å². The SMILES string of the molecule is CCOc1cc(C)c(Cl)c(C)c1CCc1cn(CC)nn1. The average molecular weight is 308 g/mol. The summed E-state index contributed by atoms with van der Waals surface area (Å²) < 4.78 is 7.61. The van der Waals surface area contributed by atoms with E-state index in [9.17, 15) is 0 Å². The number of aromatic nitrogens is 3. The zero-order chi connectivity index (χ0) is 15.4. The van der Waals surface area contributed by atoms with E-state index in [1.807, 2.05) is 30.8 Å². The predicted molar refractivity (Wildman–Crippen MR) is 85.2 cm³/mol. The van der Waals surface area contributed by atoms with Gasteiger partial charge in [0.25, 0.3) is 0 Å². The molecule has 1 heterocycles. The van der Waals surface area contributed by atoms with Gasteiger partial charge in [0.05, 0.1) is 12.3 Å². The molecule has 2 aromatic rings. The molecule has 0 aliphatic rings. The van der Waals surface area contributed by atoms with Crippen LogP contribution in [0.2, 0.25) is 5.02 Å². The minimum atomic E-state index is 0.652. The van der Waals surface area contributed by atoms with Crippen molar-refractivity contribution in [2.24, 2.45) is 0 Å². The highest BCUT2D eigenvalue weighted by atomic mass is 35.5. The largest absolute Gasteiger partial charge is 0.494 e. The third kappa shape index (κ3) is 3.56. The predicted octanol–water partition coefficient (Wildman–Crippen LogP) is 3.75. The fourth-order valence-corrected chi connectivity index (χ4v) is 2.58. The van der Waals surface area contributed by atoms with Gasteiger partial charge in [-0.15, -0.1) is 5.10 Å². The number of hydrogen-bond donors (Lipinski definition) is 0. The summed E-state index contributed by atoms with van der Waals surface area (Å²) in [5.41, 5.74) is 4.31. The molecule has 0 aliphatic carbocycles. The maximum Gasteiger partial charge on any atom is 0.123 e. The molecule has 0 unspecified atom stereocenters.